The van der Waals surface area contributed by atoms with E-state index in [-0.39, 0.29) is 16.7 Å². The summed E-state index contributed by atoms with van der Waals surface area (Å²) in [5.74, 6) is 0.481. The van der Waals surface area contributed by atoms with Crippen molar-refractivity contribution in [1.29, 1.82) is 0 Å². The molecule has 0 bridgehead atoms. The van der Waals surface area contributed by atoms with E-state index < -0.39 is 7.53 Å². The quantitative estimate of drug-likeness (QED) is 0.167. The van der Waals surface area contributed by atoms with Crippen molar-refractivity contribution in [2.75, 3.05) is 0 Å². The van der Waals surface area contributed by atoms with Crippen molar-refractivity contribution in [1.82, 2.24) is 0 Å². The normalized spacial score (nSPS) is 18.9. The molecule has 0 radical (unpaired) electrons. The van der Waals surface area contributed by atoms with Crippen molar-refractivity contribution in [2.24, 2.45) is 11.8 Å². The van der Waals surface area contributed by atoms with E-state index >= 15 is 0 Å². The first-order chi connectivity index (χ1) is 30.2. The van der Waals surface area contributed by atoms with E-state index in [0.717, 1.165) is 0 Å². The average Bonchev–Trinajstić information content (AvgIpc) is 3.85. The molecule has 3 atom stereocenters. The van der Waals surface area contributed by atoms with E-state index in [1.54, 1.807) is 0 Å². The lowest BCUT2D eigenvalue weighted by Crippen LogP contribution is -2.39. The van der Waals surface area contributed by atoms with Crippen LogP contribution in [-0.2, 0) is 10.8 Å². The van der Waals surface area contributed by atoms with Crippen LogP contribution in [-0.4, -0.2) is 0 Å². The Hall–Kier alpha value is -6.46. The van der Waals surface area contributed by atoms with Crippen LogP contribution < -0.4 is 10.4 Å². The van der Waals surface area contributed by atoms with Crippen LogP contribution in [0.1, 0.15) is 68.0 Å². The minimum atomic E-state index is -0.623. The summed E-state index contributed by atoms with van der Waals surface area (Å²) in [6.45, 7) is 12.2. The fourth-order valence-corrected chi connectivity index (χ4v) is 15.1. The van der Waals surface area contributed by atoms with Gasteiger partial charge in [-0.2, -0.15) is 0 Å². The highest BCUT2D eigenvalue weighted by atomic mass is 31.1. The standard InChI is InChI=1S/C61H47P/c1-36-18-17-26-45-54(36)56(41-23-10-9-22-40(41)55(45)37-30-33-53-46(34-37)39-21-13-16-29-52(39)62(53)38-19-7-6-8-20-38)47-35-51-58(44-25-12-15-28-49(44)61(51,4)5)59-42(47)31-32-50-57(59)43-24-11-14-27-48(43)60(50,2)3/h6-36,54H,1-5H3. The zero-order chi connectivity index (χ0) is 41.6. The average molecular weight is 811 g/mol. The third-order valence-electron chi connectivity index (χ3n) is 15.3. The highest BCUT2D eigenvalue weighted by molar-refractivity contribution is 7.67. The van der Waals surface area contributed by atoms with Gasteiger partial charge in [-0.15, -0.1) is 0 Å². The van der Waals surface area contributed by atoms with Gasteiger partial charge in [-0.1, -0.05) is 206 Å². The number of benzene rings is 8. The van der Waals surface area contributed by atoms with Crippen molar-refractivity contribution in [3.8, 4) is 27.6 Å². The highest BCUT2D eigenvalue weighted by Crippen LogP contribution is 2.60. The number of hydrogen-bond acceptors (Lipinski definition) is 0. The van der Waals surface area contributed by atoms with E-state index in [9.17, 15) is 0 Å². The Morgan fingerprint density at radius 2 is 1.11 bits per heavy atom. The summed E-state index contributed by atoms with van der Waals surface area (Å²) < 4.78 is 0. The van der Waals surface area contributed by atoms with Crippen LogP contribution in [0.5, 0.6) is 0 Å². The smallest absolute Gasteiger partial charge is 0.0168 e. The van der Waals surface area contributed by atoms with Gasteiger partial charge < -0.3 is 0 Å². The van der Waals surface area contributed by atoms with Crippen LogP contribution in [0.25, 0.3) is 70.5 Å². The van der Waals surface area contributed by atoms with Crippen molar-refractivity contribution in [3.63, 3.8) is 0 Å². The second-order valence-electron chi connectivity index (χ2n) is 19.2. The molecule has 3 unspecified atom stereocenters. The van der Waals surface area contributed by atoms with Gasteiger partial charge in [-0.05, 0) is 134 Å². The Bertz CT molecular complexity index is 3620. The Morgan fingerprint density at radius 1 is 0.484 bits per heavy atom. The van der Waals surface area contributed by atoms with E-state index in [2.05, 4.69) is 217 Å². The molecule has 4 aliphatic rings. The molecule has 9 aromatic rings. The molecule has 1 heterocycles. The zero-order valence-corrected chi connectivity index (χ0v) is 36.8. The fraction of sp³-hybridized carbons (Fsp3) is 0.148. The maximum Gasteiger partial charge on any atom is 0.0168 e. The molecule has 1 aromatic heterocycles. The van der Waals surface area contributed by atoms with Crippen molar-refractivity contribution < 1.29 is 0 Å². The van der Waals surface area contributed by atoms with Gasteiger partial charge in [0.2, 0.25) is 0 Å². The van der Waals surface area contributed by atoms with Crippen LogP contribution in [0.15, 0.2) is 188 Å². The van der Waals surface area contributed by atoms with Crippen LogP contribution in [0.3, 0.4) is 0 Å². The van der Waals surface area contributed by atoms with Gasteiger partial charge >= 0.3 is 0 Å². The predicted octanol–water partition coefficient (Wildman–Crippen LogP) is 14.9. The first-order valence-electron chi connectivity index (χ1n) is 22.4. The molecule has 1 heteroatoms. The van der Waals surface area contributed by atoms with E-state index in [1.165, 1.54) is 120 Å². The molecular weight excluding hydrogens is 764 g/mol. The van der Waals surface area contributed by atoms with Crippen LogP contribution in [0.4, 0.5) is 0 Å². The summed E-state index contributed by atoms with van der Waals surface area (Å²) in [5, 5.41) is 12.6. The number of allylic oxidation sites excluding steroid dienone is 4. The summed E-state index contributed by atoms with van der Waals surface area (Å²) in [6, 6.07) is 63.1. The fourth-order valence-electron chi connectivity index (χ4n) is 12.5. The molecular formula is C61H47P. The van der Waals surface area contributed by atoms with Gasteiger partial charge in [0.05, 0.1) is 0 Å². The molecule has 8 aromatic carbocycles. The predicted molar refractivity (Wildman–Crippen MR) is 265 cm³/mol. The lowest BCUT2D eigenvalue weighted by molar-refractivity contribution is 0.597. The Morgan fingerprint density at radius 3 is 1.89 bits per heavy atom. The van der Waals surface area contributed by atoms with Crippen molar-refractivity contribution in [3.05, 3.63) is 231 Å². The van der Waals surface area contributed by atoms with Crippen molar-refractivity contribution >= 4 is 50.5 Å². The summed E-state index contributed by atoms with van der Waals surface area (Å²) in [5.41, 5.74) is 18.0. The molecule has 0 saturated carbocycles. The molecule has 0 amide bonds. The van der Waals surface area contributed by atoms with Gasteiger partial charge in [0, 0.05) is 27.0 Å². The van der Waals surface area contributed by atoms with Crippen molar-refractivity contribution in [2.45, 2.75) is 45.4 Å². The van der Waals surface area contributed by atoms with E-state index in [4.69, 9.17) is 0 Å². The second-order valence-corrected chi connectivity index (χ2v) is 21.3. The van der Waals surface area contributed by atoms with Gasteiger partial charge in [-0.25, -0.2) is 0 Å². The SMILES string of the molecule is CC1C=CC=C2C(c3ccc4c(c3)c3ccccc3p4-c3ccccc3)=c3ccccc3=C(c3cc4c(c5c6c(ccc35)C(C)(C)c3ccccc3-6)-c3ccccc3C4(C)C)C21. The topological polar surface area (TPSA) is 0 Å². The summed E-state index contributed by atoms with van der Waals surface area (Å²) in [6.07, 6.45) is 7.21. The molecule has 0 aliphatic heterocycles. The Kier molecular flexibility index (Phi) is 7.47. The molecule has 0 N–H and O–H groups in total. The molecule has 0 nitrogen and oxygen atoms in total. The lowest BCUT2D eigenvalue weighted by atomic mass is 9.67. The summed E-state index contributed by atoms with van der Waals surface area (Å²) >= 11 is 0. The largest absolute Gasteiger partial charge is 0.0807 e. The van der Waals surface area contributed by atoms with Gasteiger partial charge in [-0.3, -0.25) is 0 Å². The molecule has 0 fully saturated rings. The monoisotopic (exact) mass is 810 g/mol. The number of fused-ring (bicyclic) bond motifs is 14. The maximum absolute atomic E-state index is 2.63. The van der Waals surface area contributed by atoms with Gasteiger partial charge in [0.1, 0.15) is 0 Å². The lowest BCUT2D eigenvalue weighted by Gasteiger charge is -2.36. The maximum atomic E-state index is 2.63. The molecule has 0 spiro atoms. The molecule has 13 rings (SSSR count). The van der Waals surface area contributed by atoms with E-state index in [1.807, 2.05) is 0 Å². The van der Waals surface area contributed by atoms with Crippen LogP contribution in [0, 0.1) is 11.8 Å². The number of hydrogen-bond donors (Lipinski definition) is 0. The van der Waals surface area contributed by atoms with E-state index in [0.29, 0.717) is 5.92 Å². The highest BCUT2D eigenvalue weighted by Gasteiger charge is 2.43. The first-order valence-corrected chi connectivity index (χ1v) is 23.7. The summed E-state index contributed by atoms with van der Waals surface area (Å²) in [7, 11) is -0.623. The zero-order valence-electron chi connectivity index (χ0n) is 35.9. The second kappa shape index (κ2) is 12.8. The van der Waals surface area contributed by atoms with Crippen LogP contribution in [0.2, 0.25) is 0 Å². The van der Waals surface area contributed by atoms with Gasteiger partial charge in [0.25, 0.3) is 0 Å². The molecule has 4 aliphatic carbocycles. The minimum Gasteiger partial charge on any atom is -0.0807 e. The number of rotatable bonds is 3. The first kappa shape index (κ1) is 36.2. The molecule has 296 valence electrons. The third kappa shape index (κ3) is 4.69. The Balaban J connectivity index is 1.16. The van der Waals surface area contributed by atoms with Gasteiger partial charge in [0.15, 0.2) is 0 Å². The molecule has 0 saturated heterocycles. The van der Waals surface area contributed by atoms with Crippen LogP contribution >= 0.6 is 7.53 Å². The minimum absolute atomic E-state index is 0.0949. The molecule has 62 heavy (non-hydrogen) atoms. The third-order valence-corrected chi connectivity index (χ3v) is 17.9. The summed E-state index contributed by atoms with van der Waals surface area (Å²) in [4.78, 5) is 0. The Labute approximate surface area is 365 Å².